The number of ketones is 1. The summed E-state index contributed by atoms with van der Waals surface area (Å²) in [6.45, 7) is 1.47. The van der Waals surface area contributed by atoms with Crippen molar-refractivity contribution in [2.45, 2.75) is 13.5 Å². The van der Waals surface area contributed by atoms with Crippen LogP contribution in [0.5, 0.6) is 11.6 Å². The van der Waals surface area contributed by atoms with Gasteiger partial charge in [0, 0.05) is 23.4 Å². The van der Waals surface area contributed by atoms with Gasteiger partial charge in [-0.2, -0.15) is 0 Å². The Labute approximate surface area is 134 Å². The van der Waals surface area contributed by atoms with E-state index >= 15 is 0 Å². The second kappa shape index (κ2) is 7.40. The number of Topliss-reactive ketones (excluding diaryl/α,β-unsaturated/α-hetero) is 1. The highest BCUT2D eigenvalue weighted by atomic mass is 16.5. The van der Waals surface area contributed by atoms with Crippen LogP contribution in [0.25, 0.3) is 0 Å². The average Bonchev–Trinajstić information content (AvgIpc) is 2.59. The summed E-state index contributed by atoms with van der Waals surface area (Å²) in [5, 5.41) is 0. The van der Waals surface area contributed by atoms with Crippen LogP contribution in [0.2, 0.25) is 0 Å². The van der Waals surface area contributed by atoms with Crippen molar-refractivity contribution in [3.8, 4) is 11.6 Å². The first-order valence-electron chi connectivity index (χ1n) is 6.90. The molecule has 23 heavy (non-hydrogen) atoms. The van der Waals surface area contributed by atoms with E-state index in [2.05, 4.69) is 4.98 Å². The highest BCUT2D eigenvalue weighted by molar-refractivity contribution is 5.94. The van der Waals surface area contributed by atoms with Crippen molar-refractivity contribution in [1.82, 2.24) is 4.98 Å². The van der Waals surface area contributed by atoms with Gasteiger partial charge in [0.05, 0.1) is 19.8 Å². The first-order chi connectivity index (χ1) is 11.0. The summed E-state index contributed by atoms with van der Waals surface area (Å²) < 4.78 is 15.4. The predicted molar refractivity (Wildman–Crippen MR) is 82.9 cm³/mol. The number of hydrogen-bond acceptors (Lipinski definition) is 6. The molecule has 0 N–H and O–H groups in total. The average molecular weight is 315 g/mol. The third-order valence-corrected chi connectivity index (χ3v) is 3.23. The van der Waals surface area contributed by atoms with Crippen LogP contribution in [0, 0.1) is 0 Å². The van der Waals surface area contributed by atoms with Crippen molar-refractivity contribution in [2.75, 3.05) is 14.2 Å². The lowest BCUT2D eigenvalue weighted by molar-refractivity contribution is 0.0469. The summed E-state index contributed by atoms with van der Waals surface area (Å²) in [4.78, 5) is 27.4. The van der Waals surface area contributed by atoms with Gasteiger partial charge in [0.1, 0.15) is 12.4 Å². The SMILES string of the molecule is COc1ccc(C(=O)OCc2cc(C(C)=O)ccc2OC)cn1. The minimum atomic E-state index is -0.518. The minimum absolute atomic E-state index is 0.00481. The Kier molecular flexibility index (Phi) is 5.30. The zero-order valence-corrected chi connectivity index (χ0v) is 13.2. The first-order valence-corrected chi connectivity index (χ1v) is 6.90. The Morgan fingerprint density at radius 2 is 1.78 bits per heavy atom. The molecule has 0 saturated heterocycles. The highest BCUT2D eigenvalue weighted by Crippen LogP contribution is 2.21. The lowest BCUT2D eigenvalue weighted by Gasteiger charge is -2.10. The van der Waals surface area contributed by atoms with Crippen LogP contribution in [0.3, 0.4) is 0 Å². The molecule has 1 aromatic carbocycles. The molecule has 0 fully saturated rings. The van der Waals surface area contributed by atoms with Gasteiger partial charge >= 0.3 is 5.97 Å². The molecule has 2 aromatic rings. The number of benzene rings is 1. The molecule has 0 bridgehead atoms. The van der Waals surface area contributed by atoms with Crippen LogP contribution >= 0.6 is 0 Å². The Bertz CT molecular complexity index is 709. The molecule has 1 aromatic heterocycles. The van der Waals surface area contributed by atoms with Crippen molar-refractivity contribution < 1.29 is 23.8 Å². The lowest BCUT2D eigenvalue weighted by atomic mass is 10.1. The van der Waals surface area contributed by atoms with E-state index in [1.54, 1.807) is 30.3 Å². The standard InChI is InChI=1S/C17H17NO5/c1-11(19)12-4-6-15(21-2)14(8-12)10-23-17(20)13-5-7-16(22-3)18-9-13/h4-9H,10H2,1-3H3. The normalized spacial score (nSPS) is 10.0. The van der Waals surface area contributed by atoms with E-state index in [0.29, 0.717) is 28.3 Å². The summed E-state index contributed by atoms with van der Waals surface area (Å²) in [5.74, 6) is 0.378. The number of esters is 1. The number of ether oxygens (including phenoxy) is 3. The number of carbonyl (C=O) groups is 2. The predicted octanol–water partition coefficient (Wildman–Crippen LogP) is 2.66. The van der Waals surface area contributed by atoms with Gasteiger partial charge in [-0.3, -0.25) is 4.79 Å². The van der Waals surface area contributed by atoms with Crippen molar-refractivity contribution in [2.24, 2.45) is 0 Å². The fraction of sp³-hybridized carbons (Fsp3) is 0.235. The van der Waals surface area contributed by atoms with Crippen molar-refractivity contribution in [1.29, 1.82) is 0 Å². The molecule has 0 aliphatic rings. The molecule has 0 amide bonds. The summed E-state index contributed by atoms with van der Waals surface area (Å²) in [6, 6.07) is 8.14. The Morgan fingerprint density at radius 3 is 2.35 bits per heavy atom. The molecule has 2 rings (SSSR count). The second-order valence-corrected chi connectivity index (χ2v) is 4.75. The summed E-state index contributed by atoms with van der Waals surface area (Å²) in [7, 11) is 3.01. The van der Waals surface area contributed by atoms with Crippen LogP contribution in [-0.4, -0.2) is 31.0 Å². The van der Waals surface area contributed by atoms with Gasteiger partial charge in [-0.25, -0.2) is 9.78 Å². The molecule has 1 heterocycles. The Hall–Kier alpha value is -2.89. The molecule has 0 aliphatic carbocycles. The summed E-state index contributed by atoms with van der Waals surface area (Å²) in [6.07, 6.45) is 1.38. The molecule has 0 spiro atoms. The number of carbonyl (C=O) groups excluding carboxylic acids is 2. The number of nitrogens with zero attached hydrogens (tertiary/aromatic N) is 1. The van der Waals surface area contributed by atoms with Crippen LogP contribution < -0.4 is 9.47 Å². The molecular weight excluding hydrogens is 298 g/mol. The van der Waals surface area contributed by atoms with Gasteiger partial charge in [-0.15, -0.1) is 0 Å². The molecule has 0 atom stereocenters. The van der Waals surface area contributed by atoms with Gasteiger partial charge in [-0.05, 0) is 31.2 Å². The lowest BCUT2D eigenvalue weighted by Crippen LogP contribution is -2.07. The van der Waals surface area contributed by atoms with E-state index in [1.165, 1.54) is 27.3 Å². The Balaban J connectivity index is 2.11. The number of methoxy groups -OCH3 is 2. The van der Waals surface area contributed by atoms with E-state index in [-0.39, 0.29) is 12.4 Å². The van der Waals surface area contributed by atoms with E-state index in [1.807, 2.05) is 0 Å². The van der Waals surface area contributed by atoms with E-state index in [0.717, 1.165) is 0 Å². The zero-order chi connectivity index (χ0) is 16.8. The number of aromatic nitrogens is 1. The molecule has 0 radical (unpaired) electrons. The summed E-state index contributed by atoms with van der Waals surface area (Å²) in [5.41, 5.74) is 1.46. The number of rotatable bonds is 6. The monoisotopic (exact) mass is 315 g/mol. The highest BCUT2D eigenvalue weighted by Gasteiger charge is 2.12. The van der Waals surface area contributed by atoms with E-state index < -0.39 is 5.97 Å². The van der Waals surface area contributed by atoms with Gasteiger partial charge in [-0.1, -0.05) is 0 Å². The first kappa shape index (κ1) is 16.5. The maximum Gasteiger partial charge on any atom is 0.340 e. The largest absolute Gasteiger partial charge is 0.496 e. The van der Waals surface area contributed by atoms with Crippen molar-refractivity contribution >= 4 is 11.8 Å². The smallest absolute Gasteiger partial charge is 0.340 e. The van der Waals surface area contributed by atoms with Crippen molar-refractivity contribution in [3.05, 3.63) is 53.2 Å². The molecule has 120 valence electrons. The Morgan fingerprint density at radius 1 is 1.04 bits per heavy atom. The fourth-order valence-corrected chi connectivity index (χ4v) is 1.96. The fourth-order valence-electron chi connectivity index (χ4n) is 1.96. The van der Waals surface area contributed by atoms with Crippen LogP contribution in [0.15, 0.2) is 36.5 Å². The van der Waals surface area contributed by atoms with Crippen LogP contribution in [0.4, 0.5) is 0 Å². The van der Waals surface area contributed by atoms with Crippen LogP contribution in [0.1, 0.15) is 33.2 Å². The van der Waals surface area contributed by atoms with Gasteiger partial charge in [0.25, 0.3) is 0 Å². The van der Waals surface area contributed by atoms with Gasteiger partial charge in [0.15, 0.2) is 5.78 Å². The van der Waals surface area contributed by atoms with Gasteiger partial charge in [0.2, 0.25) is 5.88 Å². The third-order valence-electron chi connectivity index (χ3n) is 3.23. The van der Waals surface area contributed by atoms with E-state index in [4.69, 9.17) is 14.2 Å². The topological polar surface area (TPSA) is 74.7 Å². The molecule has 6 heteroatoms. The van der Waals surface area contributed by atoms with Crippen LogP contribution in [-0.2, 0) is 11.3 Å². The molecule has 0 unspecified atom stereocenters. The maximum absolute atomic E-state index is 12.0. The van der Waals surface area contributed by atoms with Gasteiger partial charge < -0.3 is 14.2 Å². The second-order valence-electron chi connectivity index (χ2n) is 4.75. The quantitative estimate of drug-likeness (QED) is 0.602. The molecule has 0 aliphatic heterocycles. The van der Waals surface area contributed by atoms with E-state index in [9.17, 15) is 9.59 Å². The summed E-state index contributed by atoms with van der Waals surface area (Å²) >= 11 is 0. The maximum atomic E-state index is 12.0. The zero-order valence-electron chi connectivity index (χ0n) is 13.2. The third kappa shape index (κ3) is 4.06. The van der Waals surface area contributed by atoms with Crippen molar-refractivity contribution in [3.63, 3.8) is 0 Å². The number of pyridine rings is 1. The molecular formula is C17H17NO5. The minimum Gasteiger partial charge on any atom is -0.496 e. The molecule has 6 nitrogen and oxygen atoms in total. The number of hydrogen-bond donors (Lipinski definition) is 0. The molecule has 0 saturated carbocycles.